The van der Waals surface area contributed by atoms with Gasteiger partial charge in [0.15, 0.2) is 0 Å². The highest BCUT2D eigenvalue weighted by atomic mass is 35.5. The van der Waals surface area contributed by atoms with Crippen molar-refractivity contribution in [2.75, 3.05) is 11.9 Å². The van der Waals surface area contributed by atoms with Crippen LogP contribution in [0.15, 0.2) is 49.1 Å². The molecule has 1 fully saturated rings. The van der Waals surface area contributed by atoms with Gasteiger partial charge < -0.3 is 15.5 Å². The number of pyridine rings is 1. The molecule has 0 aliphatic heterocycles. The third kappa shape index (κ3) is 5.01. The van der Waals surface area contributed by atoms with Crippen LogP contribution in [0.3, 0.4) is 0 Å². The molecule has 13 heteroatoms. The second-order valence-electron chi connectivity index (χ2n) is 10.2. The van der Waals surface area contributed by atoms with E-state index in [1.807, 2.05) is 19.1 Å². The molecule has 0 saturated heterocycles. The summed E-state index contributed by atoms with van der Waals surface area (Å²) in [6.07, 6.45) is 8.79. The summed E-state index contributed by atoms with van der Waals surface area (Å²) in [5.74, 6) is 0.108. The van der Waals surface area contributed by atoms with E-state index in [2.05, 4.69) is 30.9 Å². The standard InChI is InChI=1S/C26H26ClN9O3/c1-15-7-21(27)22(9-19(15)24-31-33-36(32-24)18-3-4-18)30-25(38)20-11-29-35-6-5-16(8-23(20)35)17-10-28-34(12-17)13-26(2,39)14-37/h5-12,18,37,39H,3-4,13-14H2,1-2H3,(H,30,38)/t26-/m1/s1. The maximum absolute atomic E-state index is 13.4. The van der Waals surface area contributed by atoms with Crippen molar-refractivity contribution >= 4 is 28.7 Å². The number of fused-ring (bicyclic) bond motifs is 1. The Balaban J connectivity index is 1.27. The lowest BCUT2D eigenvalue weighted by Crippen LogP contribution is -2.34. The third-order valence-electron chi connectivity index (χ3n) is 6.68. The minimum absolute atomic E-state index is 0.137. The quantitative estimate of drug-likeness (QED) is 0.268. The van der Waals surface area contributed by atoms with Crippen molar-refractivity contribution in [3.63, 3.8) is 0 Å². The predicted molar refractivity (Wildman–Crippen MR) is 143 cm³/mol. The van der Waals surface area contributed by atoms with E-state index in [1.54, 1.807) is 44.7 Å². The first-order valence-electron chi connectivity index (χ1n) is 12.5. The molecule has 0 radical (unpaired) electrons. The van der Waals surface area contributed by atoms with Crippen LogP contribution in [0.2, 0.25) is 5.02 Å². The molecule has 0 spiro atoms. The van der Waals surface area contributed by atoms with Crippen molar-refractivity contribution in [1.29, 1.82) is 0 Å². The van der Waals surface area contributed by atoms with Crippen LogP contribution in [-0.4, -0.2) is 67.9 Å². The van der Waals surface area contributed by atoms with Crippen molar-refractivity contribution in [3.8, 4) is 22.5 Å². The summed E-state index contributed by atoms with van der Waals surface area (Å²) in [6, 6.07) is 7.54. The van der Waals surface area contributed by atoms with Crippen molar-refractivity contribution in [2.45, 2.75) is 44.9 Å². The summed E-state index contributed by atoms with van der Waals surface area (Å²) in [5, 5.41) is 44.2. The fourth-order valence-electron chi connectivity index (χ4n) is 4.33. The van der Waals surface area contributed by atoms with Crippen LogP contribution in [0.4, 0.5) is 5.69 Å². The molecule has 1 atom stereocenters. The highest BCUT2D eigenvalue weighted by Crippen LogP contribution is 2.35. The number of aliphatic hydroxyl groups excluding tert-OH is 1. The second kappa shape index (κ2) is 9.56. The molecule has 200 valence electrons. The van der Waals surface area contributed by atoms with Gasteiger partial charge in [0, 0.05) is 23.5 Å². The van der Waals surface area contributed by atoms with Crippen LogP contribution in [0.1, 0.15) is 41.7 Å². The summed E-state index contributed by atoms with van der Waals surface area (Å²) < 4.78 is 3.18. The smallest absolute Gasteiger partial charge is 0.259 e. The highest BCUT2D eigenvalue weighted by Gasteiger charge is 2.27. The summed E-state index contributed by atoms with van der Waals surface area (Å²) >= 11 is 6.50. The molecule has 0 bridgehead atoms. The lowest BCUT2D eigenvalue weighted by atomic mass is 10.1. The summed E-state index contributed by atoms with van der Waals surface area (Å²) in [6.45, 7) is 3.20. The summed E-state index contributed by atoms with van der Waals surface area (Å²) in [5.41, 5.74) is 3.31. The maximum Gasteiger partial charge on any atom is 0.259 e. The number of aliphatic hydroxyl groups is 2. The molecular formula is C26H26ClN9O3. The number of rotatable bonds is 8. The second-order valence-corrected chi connectivity index (χ2v) is 10.6. The van der Waals surface area contributed by atoms with Crippen LogP contribution in [0.5, 0.6) is 0 Å². The lowest BCUT2D eigenvalue weighted by molar-refractivity contribution is -0.0145. The Bertz CT molecular complexity index is 1700. The zero-order valence-electron chi connectivity index (χ0n) is 21.3. The Hall–Kier alpha value is -4.13. The minimum atomic E-state index is -1.29. The number of anilines is 1. The van der Waals surface area contributed by atoms with Crippen LogP contribution >= 0.6 is 11.6 Å². The number of nitrogens with one attached hydrogen (secondary N) is 1. The molecule has 3 N–H and O–H groups in total. The van der Waals surface area contributed by atoms with Gasteiger partial charge in [-0.25, -0.2) is 4.52 Å². The lowest BCUT2D eigenvalue weighted by Gasteiger charge is -2.19. The average Bonchev–Trinajstić information content (AvgIpc) is 3.27. The van der Waals surface area contributed by atoms with Crippen LogP contribution in [0, 0.1) is 6.92 Å². The van der Waals surface area contributed by atoms with Gasteiger partial charge in [-0.15, -0.1) is 10.2 Å². The van der Waals surface area contributed by atoms with Gasteiger partial charge in [0.05, 0.1) is 53.4 Å². The van der Waals surface area contributed by atoms with E-state index in [-0.39, 0.29) is 19.1 Å². The third-order valence-corrected chi connectivity index (χ3v) is 6.99. The monoisotopic (exact) mass is 547 g/mol. The number of hydrogen-bond acceptors (Lipinski definition) is 8. The number of carbonyl (C=O) groups is 1. The van der Waals surface area contributed by atoms with Crippen molar-refractivity contribution in [1.82, 2.24) is 39.6 Å². The Kier molecular flexibility index (Phi) is 6.17. The zero-order valence-corrected chi connectivity index (χ0v) is 22.0. The van der Waals surface area contributed by atoms with Gasteiger partial charge in [0.2, 0.25) is 5.82 Å². The van der Waals surface area contributed by atoms with E-state index >= 15 is 0 Å². The van der Waals surface area contributed by atoms with Gasteiger partial charge in [0.25, 0.3) is 5.91 Å². The van der Waals surface area contributed by atoms with Crippen molar-refractivity contribution in [3.05, 3.63) is 65.2 Å². The SMILES string of the molecule is Cc1cc(Cl)c(NC(=O)c2cnn3ccc(-c4cnn(C[C@@](C)(O)CO)c4)cc23)cc1-c1nnn(C2CC2)n1. The van der Waals surface area contributed by atoms with Crippen molar-refractivity contribution < 1.29 is 15.0 Å². The molecule has 39 heavy (non-hydrogen) atoms. The first-order chi connectivity index (χ1) is 18.7. The largest absolute Gasteiger partial charge is 0.393 e. The highest BCUT2D eigenvalue weighted by molar-refractivity contribution is 6.34. The molecular weight excluding hydrogens is 522 g/mol. The molecule has 6 rings (SSSR count). The molecule has 0 unspecified atom stereocenters. The fraction of sp³-hybridized carbons (Fsp3) is 0.308. The minimum Gasteiger partial charge on any atom is -0.393 e. The molecule has 1 amide bonds. The van der Waals surface area contributed by atoms with E-state index in [1.165, 1.54) is 13.1 Å². The Labute approximate surface area is 227 Å². The molecule has 4 aromatic heterocycles. The van der Waals surface area contributed by atoms with E-state index in [0.29, 0.717) is 33.7 Å². The van der Waals surface area contributed by atoms with Gasteiger partial charge in [-0.2, -0.15) is 15.0 Å². The average molecular weight is 548 g/mol. The molecule has 1 saturated carbocycles. The maximum atomic E-state index is 13.4. The number of hydrogen-bond donors (Lipinski definition) is 3. The number of tetrazole rings is 1. The molecule has 4 heterocycles. The fourth-order valence-corrected chi connectivity index (χ4v) is 4.59. The predicted octanol–water partition coefficient (Wildman–Crippen LogP) is 3.14. The Morgan fingerprint density at radius 2 is 2.03 bits per heavy atom. The van der Waals surface area contributed by atoms with Gasteiger partial charge in [-0.1, -0.05) is 11.6 Å². The first kappa shape index (κ1) is 25.2. The zero-order chi connectivity index (χ0) is 27.3. The van der Waals surface area contributed by atoms with Crippen LogP contribution < -0.4 is 5.32 Å². The molecule has 1 aromatic carbocycles. The Morgan fingerprint density at radius 3 is 2.79 bits per heavy atom. The molecule has 12 nitrogen and oxygen atoms in total. The molecule has 5 aromatic rings. The number of carbonyl (C=O) groups excluding carboxylic acids is 1. The van der Waals surface area contributed by atoms with Crippen LogP contribution in [-0.2, 0) is 6.54 Å². The topological polar surface area (TPSA) is 148 Å². The number of nitrogens with zero attached hydrogens (tertiary/aromatic N) is 8. The summed E-state index contributed by atoms with van der Waals surface area (Å²) in [4.78, 5) is 15.0. The number of aryl methyl sites for hydroxylation is 1. The van der Waals surface area contributed by atoms with Gasteiger partial charge >= 0.3 is 0 Å². The number of aromatic nitrogens is 8. The van der Waals surface area contributed by atoms with E-state index in [0.717, 1.165) is 35.1 Å². The summed E-state index contributed by atoms with van der Waals surface area (Å²) in [7, 11) is 0. The number of halogens is 1. The van der Waals surface area contributed by atoms with Crippen molar-refractivity contribution in [2.24, 2.45) is 0 Å². The molecule has 1 aliphatic rings. The van der Waals surface area contributed by atoms with E-state index in [4.69, 9.17) is 11.6 Å². The van der Waals surface area contributed by atoms with Gasteiger partial charge in [-0.3, -0.25) is 9.48 Å². The van der Waals surface area contributed by atoms with E-state index in [9.17, 15) is 15.0 Å². The Morgan fingerprint density at radius 1 is 1.21 bits per heavy atom. The molecule has 1 aliphatic carbocycles. The van der Waals surface area contributed by atoms with E-state index < -0.39 is 5.60 Å². The number of amides is 1. The normalized spacial score (nSPS) is 15.0. The van der Waals surface area contributed by atoms with Gasteiger partial charge in [0.1, 0.15) is 5.60 Å². The number of benzene rings is 1. The van der Waals surface area contributed by atoms with Crippen LogP contribution in [0.25, 0.3) is 28.0 Å². The first-order valence-corrected chi connectivity index (χ1v) is 12.8. The van der Waals surface area contributed by atoms with Gasteiger partial charge in [-0.05, 0) is 67.3 Å².